The predicted molar refractivity (Wildman–Crippen MR) is 130 cm³/mol. The van der Waals surface area contributed by atoms with Crippen LogP contribution in [0.1, 0.15) is 52.0 Å². The summed E-state index contributed by atoms with van der Waals surface area (Å²) in [5.74, 6) is -0.208. The molecular weight excluding hydrogens is 438 g/mol. The van der Waals surface area contributed by atoms with Crippen LogP contribution < -0.4 is 11.0 Å². The fourth-order valence-electron chi connectivity index (χ4n) is 3.12. The Morgan fingerprint density at radius 3 is 2.64 bits per heavy atom. The van der Waals surface area contributed by atoms with Crippen molar-refractivity contribution in [3.63, 3.8) is 0 Å². The summed E-state index contributed by atoms with van der Waals surface area (Å²) in [6.45, 7) is 13.0. The van der Waals surface area contributed by atoms with Gasteiger partial charge in [0.15, 0.2) is 14.5 Å². The number of nitrogens with one attached hydrogen (secondary N) is 1. The zero-order valence-electron chi connectivity index (χ0n) is 21.3. The van der Waals surface area contributed by atoms with Crippen LogP contribution in [0.3, 0.4) is 0 Å². The molecule has 1 aliphatic rings. The number of hydrogen-bond donors (Lipinski definition) is 1. The molecule has 33 heavy (non-hydrogen) atoms. The Labute approximate surface area is 197 Å². The Balaban J connectivity index is 1.76. The van der Waals surface area contributed by atoms with Crippen LogP contribution in [0.25, 0.3) is 0 Å². The Morgan fingerprint density at radius 2 is 2.03 bits per heavy atom. The highest BCUT2D eigenvalue weighted by molar-refractivity contribution is 6.74. The van der Waals surface area contributed by atoms with Crippen LogP contribution in [0.4, 0.5) is 5.82 Å². The monoisotopic (exact) mass is 474 g/mol. The van der Waals surface area contributed by atoms with Crippen LogP contribution in [0.2, 0.25) is 18.1 Å². The number of amides is 1. The lowest BCUT2D eigenvalue weighted by atomic mass is 10.0. The molecule has 2 heterocycles. The van der Waals surface area contributed by atoms with Crippen molar-refractivity contribution in [3.05, 3.63) is 58.6 Å². The molecule has 1 aromatic carbocycles. The van der Waals surface area contributed by atoms with Crippen LogP contribution >= 0.6 is 0 Å². The number of nitrogens with zero attached hydrogens (tertiary/aromatic N) is 2. The van der Waals surface area contributed by atoms with Crippen molar-refractivity contribution >= 4 is 20.0 Å². The minimum absolute atomic E-state index is 0.00918. The van der Waals surface area contributed by atoms with E-state index in [0.717, 1.165) is 0 Å². The van der Waals surface area contributed by atoms with Crippen LogP contribution in [-0.2, 0) is 13.9 Å². The molecule has 180 valence electrons. The zero-order valence-corrected chi connectivity index (χ0v) is 21.3. The van der Waals surface area contributed by atoms with Crippen LogP contribution in [-0.4, -0.2) is 49.2 Å². The molecule has 1 unspecified atom stereocenters. The summed E-state index contributed by atoms with van der Waals surface area (Å²) < 4.78 is 28.3. The quantitative estimate of drug-likeness (QED) is 0.605. The smallest absolute Gasteiger partial charge is 0.351 e. The number of ether oxygens (including phenoxy) is 2. The first-order valence-corrected chi connectivity index (χ1v) is 14.0. The van der Waals surface area contributed by atoms with E-state index >= 15 is 0 Å². The Bertz CT molecular complexity index is 1050. The standard InChI is InChI=1S/C24H35N3O5Si/c1-7-24(17-31-33(5,6)23(2,3)4)16-30-15-20(32-24)27-14-13-19(26-22(27)29)25-21(28)18-11-9-8-10-12-18/h8-14,20H,7,15-17H2,1-6H3,(H,25,26,28,29)/t20-,24+/m1/s1/i7D/t7?,20-,24+. The maximum Gasteiger partial charge on any atom is 0.351 e. The summed E-state index contributed by atoms with van der Waals surface area (Å²) in [5, 5.41) is 2.64. The van der Waals surface area contributed by atoms with Crippen LogP contribution in [0.5, 0.6) is 0 Å². The molecule has 1 fully saturated rings. The van der Waals surface area contributed by atoms with Gasteiger partial charge in [-0.05, 0) is 42.7 Å². The van der Waals surface area contributed by atoms with E-state index in [4.69, 9.17) is 15.3 Å². The number of rotatable bonds is 7. The SMILES string of the molecule is [2H]C(C)[C@@]1(CO[Si](C)(C)C(C)(C)C)COC[C@H](n2ccc(NC(=O)c3ccccc3)nc2=O)O1. The molecule has 2 aromatic rings. The van der Waals surface area contributed by atoms with Crippen molar-refractivity contribution in [2.24, 2.45) is 0 Å². The zero-order chi connectivity index (χ0) is 25.1. The molecule has 1 aromatic heterocycles. The first kappa shape index (κ1) is 23.8. The molecule has 8 nitrogen and oxygen atoms in total. The molecule has 3 atom stereocenters. The Hall–Kier alpha value is -2.33. The highest BCUT2D eigenvalue weighted by Crippen LogP contribution is 2.38. The summed E-state index contributed by atoms with van der Waals surface area (Å²) in [4.78, 5) is 29.1. The number of hydrogen-bond acceptors (Lipinski definition) is 6. The van der Waals surface area contributed by atoms with E-state index in [1.807, 2.05) is 6.07 Å². The Morgan fingerprint density at radius 1 is 1.33 bits per heavy atom. The molecule has 0 aliphatic carbocycles. The second-order valence-corrected chi connectivity index (χ2v) is 14.6. The average Bonchev–Trinajstić information content (AvgIpc) is 2.78. The summed E-state index contributed by atoms with van der Waals surface area (Å²) in [5.41, 5.74) is -1.13. The van der Waals surface area contributed by atoms with Gasteiger partial charge in [0.25, 0.3) is 5.91 Å². The maximum atomic E-state index is 12.8. The van der Waals surface area contributed by atoms with Gasteiger partial charge in [-0.1, -0.05) is 45.9 Å². The largest absolute Gasteiger partial charge is 0.414 e. The second-order valence-electron chi connectivity index (χ2n) is 9.81. The van der Waals surface area contributed by atoms with Gasteiger partial charge in [-0.15, -0.1) is 0 Å². The molecule has 3 rings (SSSR count). The number of carbonyl (C=O) groups is 1. The minimum Gasteiger partial charge on any atom is -0.414 e. The van der Waals surface area contributed by atoms with Gasteiger partial charge >= 0.3 is 5.69 Å². The fourth-order valence-corrected chi connectivity index (χ4v) is 4.16. The molecule has 0 saturated carbocycles. The molecule has 1 aliphatic heterocycles. The lowest BCUT2D eigenvalue weighted by Crippen LogP contribution is -2.53. The van der Waals surface area contributed by atoms with E-state index in [2.05, 4.69) is 44.2 Å². The third-order valence-corrected chi connectivity index (χ3v) is 10.9. The molecule has 0 bridgehead atoms. The lowest BCUT2D eigenvalue weighted by molar-refractivity contribution is -0.237. The van der Waals surface area contributed by atoms with Gasteiger partial charge in [0.1, 0.15) is 11.4 Å². The van der Waals surface area contributed by atoms with E-state index in [1.54, 1.807) is 31.2 Å². The first-order valence-electron chi connectivity index (χ1n) is 11.7. The summed E-state index contributed by atoms with van der Waals surface area (Å²) in [6.07, 6.45) is 0.111. The molecule has 1 amide bonds. The van der Waals surface area contributed by atoms with Crippen LogP contribution in [0, 0.1) is 0 Å². The number of carbonyl (C=O) groups excluding carboxylic acids is 1. The maximum absolute atomic E-state index is 12.8. The van der Waals surface area contributed by atoms with E-state index in [9.17, 15) is 9.59 Å². The van der Waals surface area contributed by atoms with Gasteiger partial charge in [-0.2, -0.15) is 4.98 Å². The molecule has 0 radical (unpaired) electrons. The summed E-state index contributed by atoms with van der Waals surface area (Å²) >= 11 is 0. The molecular formula is C24H35N3O5Si. The van der Waals surface area contributed by atoms with Crippen molar-refractivity contribution < 1.29 is 20.1 Å². The van der Waals surface area contributed by atoms with Gasteiger partial charge in [0.05, 0.1) is 19.8 Å². The molecule has 0 spiro atoms. The highest BCUT2D eigenvalue weighted by atomic mass is 28.4. The molecule has 9 heteroatoms. The van der Waals surface area contributed by atoms with Crippen LogP contribution in [0.15, 0.2) is 47.4 Å². The summed E-state index contributed by atoms with van der Waals surface area (Å²) in [7, 11) is -2.09. The number of anilines is 1. The Kier molecular flexibility index (Phi) is 7.13. The number of aromatic nitrogens is 2. The second kappa shape index (κ2) is 9.88. The van der Waals surface area contributed by atoms with Crippen molar-refractivity contribution in [2.75, 3.05) is 25.1 Å². The highest BCUT2D eigenvalue weighted by Gasteiger charge is 2.43. The van der Waals surface area contributed by atoms with E-state index in [-0.39, 0.29) is 36.6 Å². The molecule has 1 N–H and O–H groups in total. The average molecular weight is 475 g/mol. The van der Waals surface area contributed by atoms with Gasteiger partial charge in [-0.3, -0.25) is 9.36 Å². The fraction of sp³-hybridized carbons (Fsp3) is 0.542. The van der Waals surface area contributed by atoms with Gasteiger partial charge < -0.3 is 19.2 Å². The lowest BCUT2D eigenvalue weighted by Gasteiger charge is -2.44. The first-order chi connectivity index (χ1) is 15.8. The van der Waals surface area contributed by atoms with Crippen molar-refractivity contribution in [2.45, 2.75) is 64.1 Å². The van der Waals surface area contributed by atoms with E-state index in [1.165, 1.54) is 16.8 Å². The van der Waals surface area contributed by atoms with E-state index < -0.39 is 32.2 Å². The third kappa shape index (κ3) is 5.97. The van der Waals surface area contributed by atoms with Crippen molar-refractivity contribution in [1.29, 1.82) is 0 Å². The number of benzene rings is 1. The van der Waals surface area contributed by atoms with Crippen molar-refractivity contribution in [3.8, 4) is 0 Å². The van der Waals surface area contributed by atoms with Gasteiger partial charge in [0, 0.05) is 13.1 Å². The van der Waals surface area contributed by atoms with Crippen molar-refractivity contribution in [1.82, 2.24) is 9.55 Å². The van der Waals surface area contributed by atoms with Gasteiger partial charge in [-0.25, -0.2) is 4.79 Å². The predicted octanol–water partition coefficient (Wildman–Crippen LogP) is 4.21. The summed E-state index contributed by atoms with van der Waals surface area (Å²) in [6, 6.07) is 10.2. The molecule has 1 saturated heterocycles. The third-order valence-electron chi connectivity index (χ3n) is 6.40. The minimum atomic E-state index is -2.09. The topological polar surface area (TPSA) is 91.7 Å². The van der Waals surface area contributed by atoms with E-state index in [0.29, 0.717) is 5.56 Å². The van der Waals surface area contributed by atoms with Gasteiger partial charge in [0.2, 0.25) is 0 Å². The normalized spacial score (nSPS) is 23.0.